The van der Waals surface area contributed by atoms with E-state index in [1.807, 2.05) is 42.5 Å². The normalized spacial score (nSPS) is 12.2. The van der Waals surface area contributed by atoms with Gasteiger partial charge in [0.15, 0.2) is 0 Å². The van der Waals surface area contributed by atoms with Gasteiger partial charge in [0.2, 0.25) is 0 Å². The number of halogens is 2. The zero-order chi connectivity index (χ0) is 13.1. The monoisotopic (exact) mass is 373 g/mol. The van der Waals surface area contributed by atoms with Crippen LogP contribution in [0.25, 0.3) is 0 Å². The second-order valence-electron chi connectivity index (χ2n) is 3.89. The molecule has 0 aliphatic heterocycles. The molecule has 94 valence electrons. The Labute approximate surface area is 125 Å². The number of rotatable bonds is 3. The minimum absolute atomic E-state index is 0.177. The lowest BCUT2D eigenvalue weighted by Crippen LogP contribution is -2.13. The van der Waals surface area contributed by atoms with Gasteiger partial charge in [-0.05, 0) is 51.9 Å². The summed E-state index contributed by atoms with van der Waals surface area (Å²) in [5.41, 5.74) is 8.37. The van der Waals surface area contributed by atoms with E-state index in [9.17, 15) is 0 Å². The third-order valence-electron chi connectivity index (χ3n) is 2.77. The highest BCUT2D eigenvalue weighted by Gasteiger charge is 2.13. The molecule has 0 fully saturated rings. The van der Waals surface area contributed by atoms with Crippen LogP contribution in [-0.2, 0) is 0 Å². The molecule has 2 aromatic carbocycles. The van der Waals surface area contributed by atoms with Crippen molar-refractivity contribution in [3.05, 3.63) is 62.2 Å². The lowest BCUT2D eigenvalue weighted by Gasteiger charge is -2.15. The van der Waals surface area contributed by atoms with Crippen molar-refractivity contribution in [1.29, 1.82) is 0 Å². The summed E-state index contributed by atoms with van der Waals surface area (Å²) in [6, 6.07) is 13.5. The Morgan fingerprint density at radius 2 is 1.94 bits per heavy atom. The predicted molar refractivity (Wildman–Crippen MR) is 83.2 cm³/mol. The van der Waals surface area contributed by atoms with Gasteiger partial charge in [-0.2, -0.15) is 0 Å². The van der Waals surface area contributed by atoms with Gasteiger partial charge in [-0.1, -0.05) is 35.9 Å². The smallest absolute Gasteiger partial charge is 0.137 e. The Bertz CT molecular complexity index is 559. The fourth-order valence-electron chi connectivity index (χ4n) is 1.78. The third kappa shape index (κ3) is 2.79. The second-order valence-corrected chi connectivity index (χ2v) is 5.46. The lowest BCUT2D eigenvalue weighted by atomic mass is 9.99. The minimum Gasteiger partial charge on any atom is -0.495 e. The van der Waals surface area contributed by atoms with Crippen LogP contribution >= 0.6 is 34.2 Å². The highest BCUT2D eigenvalue weighted by Crippen LogP contribution is 2.30. The largest absolute Gasteiger partial charge is 0.495 e. The quantitative estimate of drug-likeness (QED) is 0.825. The molecule has 0 saturated carbocycles. The Balaban J connectivity index is 2.40. The van der Waals surface area contributed by atoms with Crippen LogP contribution in [0.1, 0.15) is 17.2 Å². The van der Waals surface area contributed by atoms with E-state index >= 15 is 0 Å². The Hall–Kier alpha value is -0.780. The summed E-state index contributed by atoms with van der Waals surface area (Å²) in [4.78, 5) is 0. The Kier molecular flexibility index (Phi) is 4.48. The molecule has 1 atom stereocenters. The average molecular weight is 374 g/mol. The Morgan fingerprint density at radius 1 is 1.22 bits per heavy atom. The minimum atomic E-state index is -0.177. The van der Waals surface area contributed by atoms with E-state index in [2.05, 4.69) is 22.6 Å². The number of methoxy groups -OCH3 is 1. The molecule has 0 radical (unpaired) electrons. The molecule has 2 nitrogen and oxygen atoms in total. The van der Waals surface area contributed by atoms with Gasteiger partial charge in [0.05, 0.1) is 18.2 Å². The van der Waals surface area contributed by atoms with Crippen molar-refractivity contribution in [3.8, 4) is 5.75 Å². The van der Waals surface area contributed by atoms with Crippen LogP contribution in [-0.4, -0.2) is 7.11 Å². The third-order valence-corrected chi connectivity index (χ3v) is 4.07. The van der Waals surface area contributed by atoms with Crippen molar-refractivity contribution in [2.75, 3.05) is 7.11 Å². The summed E-state index contributed by atoms with van der Waals surface area (Å²) in [7, 11) is 1.60. The van der Waals surface area contributed by atoms with Gasteiger partial charge < -0.3 is 10.5 Å². The molecule has 0 bridgehead atoms. The molecule has 1 unspecified atom stereocenters. The van der Waals surface area contributed by atoms with Crippen molar-refractivity contribution >= 4 is 34.2 Å². The highest BCUT2D eigenvalue weighted by atomic mass is 127. The van der Waals surface area contributed by atoms with E-state index in [4.69, 9.17) is 22.1 Å². The van der Waals surface area contributed by atoms with Crippen LogP contribution in [0.4, 0.5) is 0 Å². The molecule has 0 aliphatic rings. The van der Waals surface area contributed by atoms with Crippen LogP contribution < -0.4 is 10.5 Å². The van der Waals surface area contributed by atoms with Gasteiger partial charge in [-0.25, -0.2) is 0 Å². The number of ether oxygens (including phenoxy) is 1. The molecular formula is C14H13ClINO. The van der Waals surface area contributed by atoms with Crippen molar-refractivity contribution in [2.45, 2.75) is 6.04 Å². The zero-order valence-corrected chi connectivity index (χ0v) is 12.8. The van der Waals surface area contributed by atoms with Crippen LogP contribution in [0, 0.1) is 3.57 Å². The molecule has 0 heterocycles. The molecule has 4 heteroatoms. The van der Waals surface area contributed by atoms with Gasteiger partial charge in [0, 0.05) is 3.57 Å². The van der Waals surface area contributed by atoms with Gasteiger partial charge in [-0.3, -0.25) is 0 Å². The van der Waals surface area contributed by atoms with Crippen LogP contribution in [0.15, 0.2) is 42.5 Å². The van der Waals surface area contributed by atoms with E-state index in [0.717, 1.165) is 14.7 Å². The van der Waals surface area contributed by atoms with Crippen molar-refractivity contribution in [3.63, 3.8) is 0 Å². The number of hydrogen-bond donors (Lipinski definition) is 1. The maximum absolute atomic E-state index is 6.29. The molecule has 18 heavy (non-hydrogen) atoms. The highest BCUT2D eigenvalue weighted by molar-refractivity contribution is 14.1. The SMILES string of the molecule is COc1cc(C(N)c2ccccc2I)ccc1Cl. The van der Waals surface area contributed by atoms with Gasteiger partial charge >= 0.3 is 0 Å². The number of benzene rings is 2. The maximum atomic E-state index is 6.29. The molecule has 0 amide bonds. The van der Waals surface area contributed by atoms with Gasteiger partial charge in [-0.15, -0.1) is 0 Å². The molecule has 2 aromatic rings. The molecule has 2 N–H and O–H groups in total. The number of nitrogens with two attached hydrogens (primary N) is 1. The Morgan fingerprint density at radius 3 is 2.61 bits per heavy atom. The van der Waals surface area contributed by atoms with Crippen molar-refractivity contribution in [1.82, 2.24) is 0 Å². The first kappa shape index (κ1) is 13.6. The molecular weight excluding hydrogens is 361 g/mol. The van der Waals surface area contributed by atoms with E-state index in [1.165, 1.54) is 0 Å². The summed E-state index contributed by atoms with van der Waals surface area (Å²) in [6.45, 7) is 0. The van der Waals surface area contributed by atoms with Gasteiger partial charge in [0.1, 0.15) is 5.75 Å². The van der Waals surface area contributed by atoms with Crippen LogP contribution in [0.5, 0.6) is 5.75 Å². The van der Waals surface area contributed by atoms with Gasteiger partial charge in [0.25, 0.3) is 0 Å². The van der Waals surface area contributed by atoms with Crippen molar-refractivity contribution in [2.24, 2.45) is 5.73 Å². The number of hydrogen-bond acceptors (Lipinski definition) is 2. The van der Waals surface area contributed by atoms with E-state index in [0.29, 0.717) is 10.8 Å². The second kappa shape index (κ2) is 5.91. The summed E-state index contributed by atoms with van der Waals surface area (Å²) in [6.07, 6.45) is 0. The fraction of sp³-hybridized carbons (Fsp3) is 0.143. The zero-order valence-electron chi connectivity index (χ0n) is 9.86. The maximum Gasteiger partial charge on any atom is 0.137 e. The molecule has 0 aromatic heterocycles. The standard InChI is InChI=1S/C14H13ClINO/c1-18-13-8-9(6-7-11(13)15)14(17)10-4-2-3-5-12(10)16/h2-8,14H,17H2,1H3. The van der Waals surface area contributed by atoms with E-state index in [-0.39, 0.29) is 6.04 Å². The first-order valence-electron chi connectivity index (χ1n) is 5.47. The summed E-state index contributed by atoms with van der Waals surface area (Å²) in [5, 5.41) is 0.594. The van der Waals surface area contributed by atoms with Crippen LogP contribution in [0.3, 0.4) is 0 Å². The van der Waals surface area contributed by atoms with Crippen molar-refractivity contribution < 1.29 is 4.74 Å². The van der Waals surface area contributed by atoms with E-state index < -0.39 is 0 Å². The van der Waals surface area contributed by atoms with E-state index in [1.54, 1.807) is 7.11 Å². The molecule has 0 spiro atoms. The molecule has 2 rings (SSSR count). The first-order valence-corrected chi connectivity index (χ1v) is 6.92. The average Bonchev–Trinajstić information content (AvgIpc) is 2.39. The van der Waals surface area contributed by atoms with Crippen LogP contribution in [0.2, 0.25) is 5.02 Å². The summed E-state index contributed by atoms with van der Waals surface area (Å²) >= 11 is 8.30. The fourth-order valence-corrected chi connectivity index (χ4v) is 2.69. The lowest BCUT2D eigenvalue weighted by molar-refractivity contribution is 0.414. The summed E-state index contributed by atoms with van der Waals surface area (Å²) in [5.74, 6) is 0.649. The predicted octanol–water partition coefficient (Wildman–Crippen LogP) is 4.00. The molecule has 0 aliphatic carbocycles. The summed E-state index contributed by atoms with van der Waals surface area (Å²) < 4.78 is 6.36. The first-order chi connectivity index (χ1) is 8.63. The topological polar surface area (TPSA) is 35.2 Å². The molecule has 0 saturated heterocycles.